The average molecular weight is 401 g/mol. The molecule has 4 N–H and O–H groups in total. The number of nitrogens with two attached hydrogens (primary N) is 1. The lowest BCUT2D eigenvalue weighted by Crippen LogP contribution is -2.37. The van der Waals surface area contributed by atoms with Crippen molar-refractivity contribution in [2.75, 3.05) is 43.9 Å². The zero-order valence-electron chi connectivity index (χ0n) is 15.7. The van der Waals surface area contributed by atoms with Crippen molar-refractivity contribution in [3.63, 3.8) is 0 Å². The molecular formula is C20H21F2N5O2. The number of hydrogen-bond acceptors (Lipinski definition) is 5. The number of amides is 1. The number of aromatic nitrogens is 2. The van der Waals surface area contributed by atoms with Crippen molar-refractivity contribution >= 4 is 28.2 Å². The van der Waals surface area contributed by atoms with Gasteiger partial charge in [0.25, 0.3) is 5.91 Å². The Bertz CT molecular complexity index is 1050. The second-order valence-corrected chi connectivity index (χ2v) is 6.96. The number of hydrogen-bond donors (Lipinski definition) is 3. The number of carbonyl (C=O) groups excluding carboxylic acids is 1. The number of carbonyl (C=O) groups is 1. The molecule has 0 saturated carbocycles. The first-order valence-electron chi connectivity index (χ1n) is 9.34. The molecule has 2 heterocycles. The Morgan fingerprint density at radius 3 is 2.83 bits per heavy atom. The molecule has 9 heteroatoms. The summed E-state index contributed by atoms with van der Waals surface area (Å²) >= 11 is 0. The summed E-state index contributed by atoms with van der Waals surface area (Å²) in [4.78, 5) is 14.8. The lowest BCUT2D eigenvalue weighted by molar-refractivity contribution is 0.0383. The van der Waals surface area contributed by atoms with Crippen molar-refractivity contribution < 1.29 is 18.3 Å². The van der Waals surface area contributed by atoms with E-state index in [1.807, 2.05) is 0 Å². The first kappa shape index (κ1) is 19.3. The lowest BCUT2D eigenvalue weighted by atomic mass is 10.0. The first-order valence-corrected chi connectivity index (χ1v) is 9.34. The number of halogens is 2. The zero-order chi connectivity index (χ0) is 20.4. The first-order chi connectivity index (χ1) is 14.0. The van der Waals surface area contributed by atoms with Crippen LogP contribution in [0.2, 0.25) is 0 Å². The molecule has 0 radical (unpaired) electrons. The third-order valence-corrected chi connectivity index (χ3v) is 5.06. The minimum Gasteiger partial charge on any atom is -0.394 e. The van der Waals surface area contributed by atoms with Gasteiger partial charge in [-0.2, -0.15) is 5.10 Å². The zero-order valence-corrected chi connectivity index (χ0v) is 15.7. The Morgan fingerprint density at radius 2 is 2.03 bits per heavy atom. The van der Waals surface area contributed by atoms with Crippen molar-refractivity contribution in [3.8, 4) is 0 Å². The minimum atomic E-state index is -1.06. The summed E-state index contributed by atoms with van der Waals surface area (Å²) in [6.45, 7) is 3.33. The Hall–Kier alpha value is -3.04. The summed E-state index contributed by atoms with van der Waals surface area (Å²) in [7, 11) is 0. The van der Waals surface area contributed by atoms with Crippen LogP contribution in [-0.4, -0.2) is 53.9 Å². The normalized spacial score (nSPS) is 15.0. The average Bonchev–Trinajstić information content (AvgIpc) is 3.20. The maximum absolute atomic E-state index is 14.5. The van der Waals surface area contributed by atoms with Gasteiger partial charge in [-0.1, -0.05) is 0 Å². The van der Waals surface area contributed by atoms with Gasteiger partial charge in [-0.3, -0.25) is 14.8 Å². The van der Waals surface area contributed by atoms with Crippen LogP contribution >= 0.6 is 0 Å². The summed E-state index contributed by atoms with van der Waals surface area (Å²) in [5.41, 5.74) is 6.08. The Balaban J connectivity index is 1.54. The van der Waals surface area contributed by atoms with E-state index in [0.29, 0.717) is 31.9 Å². The third kappa shape index (κ3) is 4.06. The molecule has 1 amide bonds. The predicted molar refractivity (Wildman–Crippen MR) is 106 cm³/mol. The third-order valence-electron chi connectivity index (χ3n) is 5.06. The van der Waals surface area contributed by atoms with Crippen LogP contribution in [0.3, 0.4) is 0 Å². The number of morpholine rings is 1. The second kappa shape index (κ2) is 8.14. The smallest absolute Gasteiger partial charge is 0.258 e. The van der Waals surface area contributed by atoms with Crippen molar-refractivity contribution in [3.05, 3.63) is 53.2 Å². The van der Waals surface area contributed by atoms with Crippen LogP contribution < -0.4 is 11.1 Å². The summed E-state index contributed by atoms with van der Waals surface area (Å²) in [5, 5.41) is 10.2. The van der Waals surface area contributed by atoms with Gasteiger partial charge in [0, 0.05) is 30.7 Å². The van der Waals surface area contributed by atoms with E-state index in [1.54, 1.807) is 24.4 Å². The molecule has 1 aliphatic rings. The van der Waals surface area contributed by atoms with Crippen LogP contribution in [0.25, 0.3) is 10.9 Å². The molecule has 1 saturated heterocycles. The molecule has 0 unspecified atom stereocenters. The SMILES string of the molecule is Nc1c(F)c(CCN2CCOCC2)cc(C(=O)Nc2ccc3cn[nH]c3c2)c1F. The van der Waals surface area contributed by atoms with Gasteiger partial charge in [-0.05, 0) is 36.2 Å². The van der Waals surface area contributed by atoms with Crippen LogP contribution in [0.15, 0.2) is 30.5 Å². The highest BCUT2D eigenvalue weighted by atomic mass is 19.1. The number of fused-ring (bicyclic) bond motifs is 1. The topological polar surface area (TPSA) is 96.3 Å². The van der Waals surface area contributed by atoms with E-state index >= 15 is 0 Å². The van der Waals surface area contributed by atoms with Gasteiger partial charge >= 0.3 is 0 Å². The van der Waals surface area contributed by atoms with Crippen molar-refractivity contribution in [1.29, 1.82) is 0 Å². The molecule has 1 aliphatic heterocycles. The number of aromatic amines is 1. The van der Waals surface area contributed by atoms with Gasteiger partial charge in [0.1, 0.15) is 5.69 Å². The summed E-state index contributed by atoms with van der Waals surface area (Å²) in [5.74, 6) is -2.57. The van der Waals surface area contributed by atoms with Crippen LogP contribution in [0.5, 0.6) is 0 Å². The van der Waals surface area contributed by atoms with E-state index in [1.165, 1.54) is 6.07 Å². The molecular weight excluding hydrogens is 380 g/mol. The van der Waals surface area contributed by atoms with E-state index in [2.05, 4.69) is 20.4 Å². The van der Waals surface area contributed by atoms with Gasteiger partial charge in [-0.15, -0.1) is 0 Å². The summed E-state index contributed by atoms with van der Waals surface area (Å²) < 4.78 is 34.3. The van der Waals surface area contributed by atoms with E-state index in [-0.39, 0.29) is 11.1 Å². The number of benzene rings is 2. The highest BCUT2D eigenvalue weighted by Gasteiger charge is 2.22. The van der Waals surface area contributed by atoms with E-state index < -0.39 is 23.2 Å². The van der Waals surface area contributed by atoms with Gasteiger partial charge in [0.05, 0.1) is 30.5 Å². The largest absolute Gasteiger partial charge is 0.394 e. The fraction of sp³-hybridized carbons (Fsp3) is 0.300. The molecule has 1 aromatic heterocycles. The molecule has 0 bridgehead atoms. The quantitative estimate of drug-likeness (QED) is 0.571. The van der Waals surface area contributed by atoms with E-state index in [4.69, 9.17) is 10.5 Å². The van der Waals surface area contributed by atoms with Crippen LogP contribution in [0.1, 0.15) is 15.9 Å². The Morgan fingerprint density at radius 1 is 1.24 bits per heavy atom. The molecule has 152 valence electrons. The van der Waals surface area contributed by atoms with Gasteiger partial charge in [0.15, 0.2) is 11.6 Å². The van der Waals surface area contributed by atoms with E-state index in [0.717, 1.165) is 24.0 Å². The monoisotopic (exact) mass is 401 g/mol. The van der Waals surface area contributed by atoms with Crippen LogP contribution in [-0.2, 0) is 11.2 Å². The number of ether oxygens (including phenoxy) is 1. The van der Waals surface area contributed by atoms with Crippen molar-refractivity contribution in [2.24, 2.45) is 0 Å². The predicted octanol–water partition coefficient (Wildman–Crippen LogP) is 2.55. The highest BCUT2D eigenvalue weighted by molar-refractivity contribution is 6.06. The molecule has 0 atom stereocenters. The number of rotatable bonds is 5. The summed E-state index contributed by atoms with van der Waals surface area (Å²) in [6, 6.07) is 6.38. The minimum absolute atomic E-state index is 0.213. The summed E-state index contributed by atoms with van der Waals surface area (Å²) in [6.07, 6.45) is 1.97. The molecule has 29 heavy (non-hydrogen) atoms. The molecule has 7 nitrogen and oxygen atoms in total. The van der Waals surface area contributed by atoms with Gasteiger partial charge < -0.3 is 15.8 Å². The molecule has 4 rings (SSSR count). The number of nitrogen functional groups attached to an aromatic ring is 1. The molecule has 1 fully saturated rings. The van der Waals surface area contributed by atoms with Gasteiger partial charge in [-0.25, -0.2) is 8.78 Å². The standard InChI is InChI=1S/C20H21F2N5O2/c21-17-12(3-4-27-5-7-29-8-6-27)9-15(18(22)19(17)23)20(28)25-14-2-1-13-11-24-26-16(13)10-14/h1-2,9-11H,3-8,23H2,(H,24,26)(H,25,28). The number of nitrogens with zero attached hydrogens (tertiary/aromatic N) is 2. The Kier molecular flexibility index (Phi) is 5.41. The lowest BCUT2D eigenvalue weighted by Gasteiger charge is -2.26. The fourth-order valence-electron chi connectivity index (χ4n) is 3.38. The maximum Gasteiger partial charge on any atom is 0.258 e. The molecule has 0 spiro atoms. The van der Waals surface area contributed by atoms with Gasteiger partial charge in [0.2, 0.25) is 0 Å². The molecule has 0 aliphatic carbocycles. The van der Waals surface area contributed by atoms with E-state index in [9.17, 15) is 13.6 Å². The molecule has 2 aromatic carbocycles. The van der Waals surface area contributed by atoms with Crippen molar-refractivity contribution in [2.45, 2.75) is 6.42 Å². The van der Waals surface area contributed by atoms with Crippen molar-refractivity contribution in [1.82, 2.24) is 15.1 Å². The maximum atomic E-state index is 14.5. The number of H-pyrrole nitrogens is 1. The number of anilines is 2. The van der Waals surface area contributed by atoms with Crippen LogP contribution in [0.4, 0.5) is 20.2 Å². The highest BCUT2D eigenvalue weighted by Crippen LogP contribution is 2.25. The Labute approximate surface area is 165 Å². The number of nitrogens with one attached hydrogen (secondary N) is 2. The fourth-order valence-corrected chi connectivity index (χ4v) is 3.38. The van der Waals surface area contributed by atoms with Crippen LogP contribution in [0, 0.1) is 11.6 Å². The molecule has 3 aromatic rings. The second-order valence-electron chi connectivity index (χ2n) is 6.96.